The third-order valence-electron chi connectivity index (χ3n) is 1.93. The maximum Gasteiger partial charge on any atom is 0.242 e. The first-order valence-corrected chi connectivity index (χ1v) is 5.08. The van der Waals surface area contributed by atoms with Gasteiger partial charge in [-0.25, -0.2) is 4.98 Å². The van der Waals surface area contributed by atoms with Crippen LogP contribution in [0.3, 0.4) is 0 Å². The maximum absolute atomic E-state index is 11.4. The average Bonchev–Trinajstić information content (AvgIpc) is 2.29. The molecule has 1 atom stereocenters. The van der Waals surface area contributed by atoms with Crippen molar-refractivity contribution in [3.8, 4) is 5.88 Å². The van der Waals surface area contributed by atoms with Gasteiger partial charge in [-0.1, -0.05) is 0 Å². The van der Waals surface area contributed by atoms with Gasteiger partial charge in [0.15, 0.2) is 0 Å². The van der Waals surface area contributed by atoms with Gasteiger partial charge in [-0.3, -0.25) is 4.79 Å². The lowest BCUT2D eigenvalue weighted by atomic mass is 10.3. The number of carbonyl (C=O) groups is 1. The molecule has 0 aliphatic carbocycles. The Bertz CT molecular complexity index is 356. The largest absolute Gasteiger partial charge is 0.481 e. The van der Waals surface area contributed by atoms with Gasteiger partial charge < -0.3 is 15.4 Å². The molecule has 0 aliphatic heterocycles. The van der Waals surface area contributed by atoms with Crippen molar-refractivity contribution in [3.05, 3.63) is 12.3 Å². The number of aromatic nitrogens is 2. The average molecular weight is 224 g/mol. The molecule has 88 valence electrons. The Labute approximate surface area is 94.4 Å². The van der Waals surface area contributed by atoms with E-state index in [0.717, 1.165) is 0 Å². The summed E-state index contributed by atoms with van der Waals surface area (Å²) in [5, 5.41) is 5.59. The topological polar surface area (TPSA) is 76.1 Å². The number of likely N-dealkylation sites (N-methyl/N-ethyl adjacent to an activating group) is 1. The third kappa shape index (κ3) is 3.38. The molecule has 1 heterocycles. The van der Waals surface area contributed by atoms with E-state index in [-0.39, 0.29) is 11.9 Å². The molecule has 0 fully saturated rings. The summed E-state index contributed by atoms with van der Waals surface area (Å²) in [5.41, 5.74) is 0. The van der Waals surface area contributed by atoms with Crippen molar-refractivity contribution in [1.82, 2.24) is 15.3 Å². The first-order chi connectivity index (χ1) is 7.67. The molecule has 1 aromatic heterocycles. The Morgan fingerprint density at radius 2 is 2.38 bits per heavy atom. The fourth-order valence-corrected chi connectivity index (χ4v) is 1.11. The van der Waals surface area contributed by atoms with Gasteiger partial charge in [0.2, 0.25) is 17.7 Å². The van der Waals surface area contributed by atoms with Crippen molar-refractivity contribution >= 4 is 11.9 Å². The summed E-state index contributed by atoms with van der Waals surface area (Å²) in [6.07, 6.45) is 1.57. The van der Waals surface area contributed by atoms with E-state index in [9.17, 15) is 4.79 Å². The number of ether oxygens (including phenoxy) is 1. The van der Waals surface area contributed by atoms with Gasteiger partial charge in [-0.15, -0.1) is 0 Å². The predicted molar refractivity (Wildman–Crippen MR) is 60.4 cm³/mol. The highest BCUT2D eigenvalue weighted by atomic mass is 16.5. The molecule has 0 saturated heterocycles. The van der Waals surface area contributed by atoms with E-state index in [1.54, 1.807) is 19.2 Å². The molecule has 0 unspecified atom stereocenters. The molecule has 0 saturated carbocycles. The smallest absolute Gasteiger partial charge is 0.242 e. The van der Waals surface area contributed by atoms with Crippen molar-refractivity contribution in [1.29, 1.82) is 0 Å². The minimum Gasteiger partial charge on any atom is -0.481 e. The van der Waals surface area contributed by atoms with Gasteiger partial charge in [0.05, 0.1) is 7.11 Å². The Morgan fingerprint density at radius 3 is 3.00 bits per heavy atom. The molecule has 0 aromatic carbocycles. The quantitative estimate of drug-likeness (QED) is 0.758. The predicted octanol–water partition coefficient (Wildman–Crippen LogP) is 0.422. The lowest BCUT2D eigenvalue weighted by Gasteiger charge is -2.13. The SMILES string of the molecule is CCNC(=O)[C@H](C)Nc1nccc(OC)n1. The zero-order chi connectivity index (χ0) is 12.0. The summed E-state index contributed by atoms with van der Waals surface area (Å²) in [5.74, 6) is 0.743. The standard InChI is InChI=1S/C10H16N4O2/c1-4-11-9(15)7(2)13-10-12-6-5-8(14-10)16-3/h5-7H,4H2,1-3H3,(H,11,15)(H,12,13,14)/t7-/m0/s1. The van der Waals surface area contributed by atoms with Crippen LogP contribution >= 0.6 is 0 Å². The molecule has 2 N–H and O–H groups in total. The van der Waals surface area contributed by atoms with E-state index in [1.165, 1.54) is 7.11 Å². The van der Waals surface area contributed by atoms with Gasteiger partial charge in [0.25, 0.3) is 0 Å². The summed E-state index contributed by atoms with van der Waals surface area (Å²) < 4.78 is 4.95. The van der Waals surface area contributed by atoms with Gasteiger partial charge in [0.1, 0.15) is 6.04 Å². The number of rotatable bonds is 5. The first kappa shape index (κ1) is 12.2. The number of methoxy groups -OCH3 is 1. The fraction of sp³-hybridized carbons (Fsp3) is 0.500. The highest BCUT2D eigenvalue weighted by molar-refractivity contribution is 5.83. The van der Waals surface area contributed by atoms with E-state index in [1.807, 2.05) is 6.92 Å². The molecular weight excluding hydrogens is 208 g/mol. The van der Waals surface area contributed by atoms with E-state index >= 15 is 0 Å². The first-order valence-electron chi connectivity index (χ1n) is 5.08. The zero-order valence-corrected chi connectivity index (χ0v) is 9.65. The Balaban J connectivity index is 2.61. The second-order valence-corrected chi connectivity index (χ2v) is 3.18. The molecule has 6 nitrogen and oxygen atoms in total. The lowest BCUT2D eigenvalue weighted by Crippen LogP contribution is -2.37. The highest BCUT2D eigenvalue weighted by Gasteiger charge is 2.12. The summed E-state index contributed by atoms with van der Waals surface area (Å²) in [7, 11) is 1.53. The van der Waals surface area contributed by atoms with Crippen LogP contribution in [0.2, 0.25) is 0 Å². The van der Waals surface area contributed by atoms with Crippen LogP contribution in [0.5, 0.6) is 5.88 Å². The van der Waals surface area contributed by atoms with Crippen LogP contribution in [0, 0.1) is 0 Å². The van der Waals surface area contributed by atoms with Crippen molar-refractivity contribution in [3.63, 3.8) is 0 Å². The molecule has 0 spiro atoms. The Hall–Kier alpha value is -1.85. The van der Waals surface area contributed by atoms with Crippen LogP contribution in [0.25, 0.3) is 0 Å². The monoisotopic (exact) mass is 224 g/mol. The van der Waals surface area contributed by atoms with Crippen LogP contribution in [0.15, 0.2) is 12.3 Å². The van der Waals surface area contributed by atoms with Crippen LogP contribution in [0.4, 0.5) is 5.95 Å². The molecule has 0 bridgehead atoms. The van der Waals surface area contributed by atoms with Crippen LogP contribution in [0.1, 0.15) is 13.8 Å². The molecule has 0 aliphatic rings. The van der Waals surface area contributed by atoms with E-state index in [0.29, 0.717) is 18.4 Å². The molecule has 6 heteroatoms. The maximum atomic E-state index is 11.4. The van der Waals surface area contributed by atoms with Crippen molar-refractivity contribution in [2.45, 2.75) is 19.9 Å². The van der Waals surface area contributed by atoms with E-state index in [4.69, 9.17) is 4.74 Å². The van der Waals surface area contributed by atoms with Crippen LogP contribution in [-0.2, 0) is 4.79 Å². The molecule has 0 radical (unpaired) electrons. The van der Waals surface area contributed by atoms with Crippen molar-refractivity contribution in [2.75, 3.05) is 19.0 Å². The summed E-state index contributed by atoms with van der Waals surface area (Å²) in [4.78, 5) is 19.5. The molecule has 1 rings (SSSR count). The number of anilines is 1. The minimum atomic E-state index is -0.382. The number of amides is 1. The number of nitrogens with one attached hydrogen (secondary N) is 2. The summed E-state index contributed by atoms with van der Waals surface area (Å²) in [6.45, 7) is 4.21. The molecular formula is C10H16N4O2. The van der Waals surface area contributed by atoms with Crippen molar-refractivity contribution in [2.24, 2.45) is 0 Å². The van der Waals surface area contributed by atoms with Gasteiger partial charge in [-0.05, 0) is 13.8 Å². The highest BCUT2D eigenvalue weighted by Crippen LogP contribution is 2.07. The second kappa shape index (κ2) is 5.89. The summed E-state index contributed by atoms with van der Waals surface area (Å²) >= 11 is 0. The zero-order valence-electron chi connectivity index (χ0n) is 9.65. The van der Waals surface area contributed by atoms with Gasteiger partial charge in [-0.2, -0.15) is 4.98 Å². The summed E-state index contributed by atoms with van der Waals surface area (Å²) in [6, 6.07) is 1.26. The number of hydrogen-bond donors (Lipinski definition) is 2. The lowest BCUT2D eigenvalue weighted by molar-refractivity contribution is -0.121. The molecule has 1 aromatic rings. The van der Waals surface area contributed by atoms with Gasteiger partial charge >= 0.3 is 0 Å². The second-order valence-electron chi connectivity index (χ2n) is 3.18. The minimum absolute atomic E-state index is 0.0890. The van der Waals surface area contributed by atoms with Crippen molar-refractivity contribution < 1.29 is 9.53 Å². The van der Waals surface area contributed by atoms with E-state index in [2.05, 4.69) is 20.6 Å². The third-order valence-corrected chi connectivity index (χ3v) is 1.93. The number of carbonyl (C=O) groups excluding carboxylic acids is 1. The van der Waals surface area contributed by atoms with Crippen LogP contribution < -0.4 is 15.4 Å². The number of nitrogens with zero attached hydrogens (tertiary/aromatic N) is 2. The Morgan fingerprint density at radius 1 is 1.62 bits per heavy atom. The Kier molecular flexibility index (Phi) is 4.50. The molecule has 1 amide bonds. The fourth-order valence-electron chi connectivity index (χ4n) is 1.11. The normalized spacial score (nSPS) is 11.7. The van der Waals surface area contributed by atoms with E-state index < -0.39 is 0 Å². The molecule has 16 heavy (non-hydrogen) atoms. The number of hydrogen-bond acceptors (Lipinski definition) is 5. The van der Waals surface area contributed by atoms with Crippen LogP contribution in [-0.4, -0.2) is 35.6 Å². The van der Waals surface area contributed by atoms with Gasteiger partial charge in [0, 0.05) is 18.8 Å².